The first-order valence-electron chi connectivity index (χ1n) is 9.39. The zero-order valence-corrected chi connectivity index (χ0v) is 15.6. The van der Waals surface area contributed by atoms with Crippen LogP contribution in [0, 0.1) is 13.8 Å². The monoisotopic (exact) mass is 347 g/mol. The molecular formula is C26H21N. The molecule has 0 saturated heterocycles. The molecule has 130 valence electrons. The molecule has 0 amide bonds. The van der Waals surface area contributed by atoms with Crippen molar-refractivity contribution < 1.29 is 0 Å². The van der Waals surface area contributed by atoms with Crippen molar-refractivity contribution in [2.45, 2.75) is 13.8 Å². The van der Waals surface area contributed by atoms with Crippen LogP contribution in [0.25, 0.3) is 38.6 Å². The fourth-order valence-electron chi connectivity index (χ4n) is 4.16. The Labute approximate surface area is 159 Å². The summed E-state index contributed by atoms with van der Waals surface area (Å²) in [4.78, 5) is 0. The molecule has 5 aromatic rings. The number of hydrogen-bond donors (Lipinski definition) is 0. The fourth-order valence-corrected chi connectivity index (χ4v) is 4.16. The second-order valence-electron chi connectivity index (χ2n) is 7.18. The summed E-state index contributed by atoms with van der Waals surface area (Å²) < 4.78 is 2.37. The highest BCUT2D eigenvalue weighted by molar-refractivity contribution is 6.09. The lowest BCUT2D eigenvalue weighted by Crippen LogP contribution is -1.96. The van der Waals surface area contributed by atoms with Crippen molar-refractivity contribution in [1.82, 2.24) is 4.57 Å². The smallest absolute Gasteiger partial charge is 0.0541 e. The molecule has 0 saturated carbocycles. The predicted octanol–water partition coefficient (Wildman–Crippen LogP) is 7.07. The largest absolute Gasteiger partial charge is 0.309 e. The van der Waals surface area contributed by atoms with Crippen LogP contribution in [-0.4, -0.2) is 4.57 Å². The van der Waals surface area contributed by atoms with Crippen molar-refractivity contribution in [3.05, 3.63) is 102 Å². The van der Waals surface area contributed by atoms with Crippen LogP contribution in [0.5, 0.6) is 0 Å². The number of para-hydroxylation sites is 2. The molecule has 1 aromatic heterocycles. The highest BCUT2D eigenvalue weighted by Crippen LogP contribution is 2.34. The Kier molecular flexibility index (Phi) is 3.61. The fraction of sp³-hybridized carbons (Fsp3) is 0.0769. The highest BCUT2D eigenvalue weighted by atomic mass is 15.0. The summed E-state index contributed by atoms with van der Waals surface area (Å²) in [5.41, 5.74) is 8.93. The van der Waals surface area contributed by atoms with Gasteiger partial charge < -0.3 is 4.57 Å². The predicted molar refractivity (Wildman–Crippen MR) is 116 cm³/mol. The van der Waals surface area contributed by atoms with Crippen LogP contribution >= 0.6 is 0 Å². The van der Waals surface area contributed by atoms with Gasteiger partial charge in [-0.3, -0.25) is 0 Å². The van der Waals surface area contributed by atoms with E-state index in [1.807, 2.05) is 0 Å². The molecule has 0 aliphatic heterocycles. The molecule has 0 fully saturated rings. The minimum Gasteiger partial charge on any atom is -0.309 e. The van der Waals surface area contributed by atoms with Crippen LogP contribution in [0.3, 0.4) is 0 Å². The van der Waals surface area contributed by atoms with E-state index in [0.717, 1.165) is 0 Å². The summed E-state index contributed by atoms with van der Waals surface area (Å²) in [6.07, 6.45) is 0. The number of rotatable bonds is 2. The highest BCUT2D eigenvalue weighted by Gasteiger charge is 2.12. The van der Waals surface area contributed by atoms with E-state index in [1.165, 1.54) is 49.7 Å². The van der Waals surface area contributed by atoms with Gasteiger partial charge in [-0.25, -0.2) is 0 Å². The zero-order chi connectivity index (χ0) is 18.4. The number of fused-ring (bicyclic) bond motifs is 3. The standard InChI is InChI=1S/C26H21N/c1-18-9-3-4-10-21(18)22-16-15-20(17-19(22)2)27-25-13-7-5-11-23(25)24-12-6-8-14-26(24)27/h3-17H,1-2H3. The summed E-state index contributed by atoms with van der Waals surface area (Å²) in [5.74, 6) is 0. The van der Waals surface area contributed by atoms with Gasteiger partial charge in [-0.15, -0.1) is 0 Å². The summed E-state index contributed by atoms with van der Waals surface area (Å²) in [7, 11) is 0. The van der Waals surface area contributed by atoms with Crippen molar-refractivity contribution in [3.8, 4) is 16.8 Å². The van der Waals surface area contributed by atoms with Crippen molar-refractivity contribution in [2.24, 2.45) is 0 Å². The SMILES string of the molecule is Cc1ccccc1-c1ccc(-n2c3ccccc3c3ccccc32)cc1C. The molecule has 1 heterocycles. The molecule has 0 spiro atoms. The molecule has 27 heavy (non-hydrogen) atoms. The molecule has 5 rings (SSSR count). The number of hydrogen-bond acceptors (Lipinski definition) is 0. The molecule has 0 aliphatic rings. The maximum Gasteiger partial charge on any atom is 0.0541 e. The molecular weight excluding hydrogens is 326 g/mol. The lowest BCUT2D eigenvalue weighted by Gasteiger charge is -2.13. The van der Waals surface area contributed by atoms with E-state index in [4.69, 9.17) is 0 Å². The Hall–Kier alpha value is -3.32. The number of aromatic nitrogens is 1. The lowest BCUT2D eigenvalue weighted by atomic mass is 9.96. The number of aryl methyl sites for hydroxylation is 2. The number of nitrogens with zero attached hydrogens (tertiary/aromatic N) is 1. The lowest BCUT2D eigenvalue weighted by molar-refractivity contribution is 1.17. The molecule has 1 heteroatoms. The van der Waals surface area contributed by atoms with Crippen molar-refractivity contribution in [2.75, 3.05) is 0 Å². The number of benzene rings is 4. The summed E-state index contributed by atoms with van der Waals surface area (Å²) in [6.45, 7) is 4.38. The van der Waals surface area contributed by atoms with Crippen molar-refractivity contribution >= 4 is 21.8 Å². The first kappa shape index (κ1) is 15.9. The maximum atomic E-state index is 2.37. The second-order valence-corrected chi connectivity index (χ2v) is 7.18. The summed E-state index contributed by atoms with van der Waals surface area (Å²) in [6, 6.07) is 32.7. The van der Waals surface area contributed by atoms with Crippen molar-refractivity contribution in [1.29, 1.82) is 0 Å². The van der Waals surface area contributed by atoms with E-state index >= 15 is 0 Å². The summed E-state index contributed by atoms with van der Waals surface area (Å²) >= 11 is 0. The van der Waals surface area contributed by atoms with Crippen LogP contribution in [0.1, 0.15) is 11.1 Å². The molecule has 0 atom stereocenters. The third kappa shape index (κ3) is 2.47. The molecule has 0 N–H and O–H groups in total. The van der Waals surface area contributed by atoms with Gasteiger partial charge in [0.05, 0.1) is 11.0 Å². The van der Waals surface area contributed by atoms with Gasteiger partial charge in [0.2, 0.25) is 0 Å². The van der Waals surface area contributed by atoms with Crippen LogP contribution in [0.15, 0.2) is 91.0 Å². The van der Waals surface area contributed by atoms with Crippen LogP contribution < -0.4 is 0 Å². The van der Waals surface area contributed by atoms with Gasteiger partial charge >= 0.3 is 0 Å². The van der Waals surface area contributed by atoms with E-state index in [9.17, 15) is 0 Å². The maximum absolute atomic E-state index is 2.37. The van der Waals surface area contributed by atoms with E-state index in [-0.39, 0.29) is 0 Å². The quantitative estimate of drug-likeness (QED) is 0.322. The van der Waals surface area contributed by atoms with Gasteiger partial charge in [-0.1, -0.05) is 66.7 Å². The Morgan fingerprint density at radius 2 is 1.07 bits per heavy atom. The second kappa shape index (κ2) is 6.14. The minimum atomic E-state index is 1.21. The molecule has 4 aromatic carbocycles. The first-order chi connectivity index (χ1) is 13.2. The van der Waals surface area contributed by atoms with Crippen LogP contribution in [-0.2, 0) is 0 Å². The van der Waals surface area contributed by atoms with E-state index in [1.54, 1.807) is 0 Å². The van der Waals surface area contributed by atoms with E-state index in [0.29, 0.717) is 0 Å². The average molecular weight is 347 g/mol. The third-order valence-corrected chi connectivity index (χ3v) is 5.48. The average Bonchev–Trinajstić information content (AvgIpc) is 3.03. The van der Waals surface area contributed by atoms with Crippen LogP contribution in [0.2, 0.25) is 0 Å². The minimum absolute atomic E-state index is 1.21. The van der Waals surface area contributed by atoms with Crippen molar-refractivity contribution in [3.63, 3.8) is 0 Å². The van der Waals surface area contributed by atoms with Crippen LogP contribution in [0.4, 0.5) is 0 Å². The molecule has 1 nitrogen and oxygen atoms in total. The normalized spacial score (nSPS) is 11.3. The summed E-state index contributed by atoms with van der Waals surface area (Å²) in [5, 5.41) is 2.60. The van der Waals surface area contributed by atoms with E-state index in [2.05, 4.69) is 109 Å². The topological polar surface area (TPSA) is 4.93 Å². The third-order valence-electron chi connectivity index (χ3n) is 5.48. The van der Waals surface area contributed by atoms with E-state index < -0.39 is 0 Å². The van der Waals surface area contributed by atoms with Gasteiger partial charge in [-0.05, 0) is 60.4 Å². The molecule has 0 bridgehead atoms. The van der Waals surface area contributed by atoms with Gasteiger partial charge in [0, 0.05) is 16.5 Å². The Morgan fingerprint density at radius 1 is 0.519 bits per heavy atom. The Morgan fingerprint density at radius 3 is 1.70 bits per heavy atom. The zero-order valence-electron chi connectivity index (χ0n) is 15.6. The molecule has 0 unspecified atom stereocenters. The molecule has 0 radical (unpaired) electrons. The van der Waals surface area contributed by atoms with Gasteiger partial charge in [-0.2, -0.15) is 0 Å². The molecule has 0 aliphatic carbocycles. The van der Waals surface area contributed by atoms with Gasteiger partial charge in [0.15, 0.2) is 0 Å². The van der Waals surface area contributed by atoms with Gasteiger partial charge in [0.25, 0.3) is 0 Å². The van der Waals surface area contributed by atoms with Gasteiger partial charge in [0.1, 0.15) is 0 Å². The Balaban J connectivity index is 1.76. The Bertz CT molecular complexity index is 1240. The first-order valence-corrected chi connectivity index (χ1v) is 9.39.